The predicted molar refractivity (Wildman–Crippen MR) is 116 cm³/mol. The van der Waals surface area contributed by atoms with Crippen LogP contribution in [-0.2, 0) is 0 Å². The van der Waals surface area contributed by atoms with Crippen molar-refractivity contribution in [1.82, 2.24) is 9.78 Å². The van der Waals surface area contributed by atoms with Gasteiger partial charge in [0, 0.05) is 11.3 Å². The number of ether oxygens (including phenoxy) is 1. The third-order valence-electron chi connectivity index (χ3n) is 4.68. The van der Waals surface area contributed by atoms with E-state index in [4.69, 9.17) is 9.73 Å². The van der Waals surface area contributed by atoms with E-state index < -0.39 is 0 Å². The first-order chi connectivity index (χ1) is 14.2. The lowest BCUT2D eigenvalue weighted by atomic mass is 10.0. The molecule has 0 saturated carbocycles. The van der Waals surface area contributed by atoms with Gasteiger partial charge in [0.25, 0.3) is 5.56 Å². The summed E-state index contributed by atoms with van der Waals surface area (Å²) in [5.74, 6) is 0.759. The number of benzene rings is 3. The Morgan fingerprint density at radius 2 is 1.52 bits per heavy atom. The Balaban J connectivity index is 1.90. The molecular formula is C24H21N3O2. The molecule has 3 aromatic carbocycles. The van der Waals surface area contributed by atoms with Gasteiger partial charge in [-0.05, 0) is 43.3 Å². The molecule has 0 radical (unpaired) electrons. The van der Waals surface area contributed by atoms with Crippen LogP contribution in [0, 0.1) is 6.92 Å². The quantitative estimate of drug-likeness (QED) is 0.510. The maximum Gasteiger partial charge on any atom is 0.280 e. The first-order valence-electron chi connectivity index (χ1n) is 9.33. The molecule has 5 nitrogen and oxygen atoms in total. The molecule has 0 unspecified atom stereocenters. The summed E-state index contributed by atoms with van der Waals surface area (Å²) in [4.78, 5) is 18.2. The standard InChI is InChI=1S/C24H21N3O2/c1-17-22(24(28)27(26-17)20-11-7-4-8-12-20)23(18-9-5-3-6-10-18)25-19-13-15-21(29-2)16-14-19/h3-16,26H,1-2H3. The summed E-state index contributed by atoms with van der Waals surface area (Å²) >= 11 is 0. The topological polar surface area (TPSA) is 59.4 Å². The summed E-state index contributed by atoms with van der Waals surface area (Å²) in [5.41, 5.74) is 4.21. The Labute approximate surface area is 168 Å². The molecule has 4 rings (SSSR count). The number of para-hydroxylation sites is 1. The van der Waals surface area contributed by atoms with E-state index in [9.17, 15) is 4.79 Å². The van der Waals surface area contributed by atoms with E-state index in [2.05, 4.69) is 5.10 Å². The number of nitrogens with zero attached hydrogens (tertiary/aromatic N) is 2. The molecule has 1 heterocycles. The third-order valence-corrected chi connectivity index (χ3v) is 4.68. The normalized spacial score (nSPS) is 11.4. The number of nitrogens with one attached hydrogen (secondary N) is 1. The number of hydrogen-bond donors (Lipinski definition) is 1. The molecule has 0 spiro atoms. The van der Waals surface area contributed by atoms with Crippen molar-refractivity contribution in [2.24, 2.45) is 4.99 Å². The monoisotopic (exact) mass is 383 g/mol. The fourth-order valence-electron chi connectivity index (χ4n) is 3.23. The maximum atomic E-state index is 13.3. The van der Waals surface area contributed by atoms with E-state index in [0.29, 0.717) is 11.3 Å². The summed E-state index contributed by atoms with van der Waals surface area (Å²) in [6.45, 7) is 1.89. The van der Waals surface area contributed by atoms with Crippen molar-refractivity contribution in [2.75, 3.05) is 7.11 Å². The van der Waals surface area contributed by atoms with Crippen LogP contribution in [0.15, 0.2) is 94.7 Å². The minimum atomic E-state index is -0.134. The summed E-state index contributed by atoms with van der Waals surface area (Å²) < 4.78 is 6.78. The number of aromatic amines is 1. The Morgan fingerprint density at radius 1 is 0.897 bits per heavy atom. The lowest BCUT2D eigenvalue weighted by Crippen LogP contribution is -2.21. The Kier molecular flexibility index (Phi) is 5.12. The summed E-state index contributed by atoms with van der Waals surface area (Å²) in [5, 5.41) is 3.19. The van der Waals surface area contributed by atoms with Crippen LogP contribution in [0.5, 0.6) is 5.75 Å². The van der Waals surface area contributed by atoms with Crippen LogP contribution in [0.2, 0.25) is 0 Å². The first-order valence-corrected chi connectivity index (χ1v) is 9.33. The minimum Gasteiger partial charge on any atom is -0.497 e. The van der Waals surface area contributed by atoms with E-state index >= 15 is 0 Å². The largest absolute Gasteiger partial charge is 0.497 e. The molecule has 0 amide bonds. The van der Waals surface area contributed by atoms with Crippen molar-refractivity contribution >= 4 is 11.4 Å². The second-order valence-corrected chi connectivity index (χ2v) is 6.61. The second kappa shape index (κ2) is 8.02. The zero-order chi connectivity index (χ0) is 20.2. The number of aryl methyl sites for hydroxylation is 1. The van der Waals surface area contributed by atoms with E-state index in [1.807, 2.05) is 91.9 Å². The van der Waals surface area contributed by atoms with E-state index in [0.717, 1.165) is 28.4 Å². The molecule has 0 atom stereocenters. The van der Waals surface area contributed by atoms with E-state index in [1.165, 1.54) is 0 Å². The zero-order valence-electron chi connectivity index (χ0n) is 16.3. The Bertz CT molecular complexity index is 1190. The van der Waals surface area contributed by atoms with Crippen LogP contribution in [-0.4, -0.2) is 22.6 Å². The molecule has 144 valence electrons. The highest BCUT2D eigenvalue weighted by Gasteiger charge is 2.19. The molecular weight excluding hydrogens is 362 g/mol. The smallest absolute Gasteiger partial charge is 0.280 e. The molecule has 29 heavy (non-hydrogen) atoms. The number of aromatic nitrogens is 2. The van der Waals surface area contributed by atoms with Gasteiger partial charge in [-0.2, -0.15) is 0 Å². The van der Waals surface area contributed by atoms with Gasteiger partial charge in [0.1, 0.15) is 5.75 Å². The van der Waals surface area contributed by atoms with Crippen LogP contribution in [0.4, 0.5) is 5.69 Å². The molecule has 0 bridgehead atoms. The fourth-order valence-corrected chi connectivity index (χ4v) is 3.23. The van der Waals surface area contributed by atoms with Crippen molar-refractivity contribution in [3.63, 3.8) is 0 Å². The molecule has 0 aliphatic carbocycles. The molecule has 0 fully saturated rings. The van der Waals surface area contributed by atoms with Gasteiger partial charge in [-0.15, -0.1) is 0 Å². The summed E-state index contributed by atoms with van der Waals surface area (Å²) in [6, 6.07) is 26.7. The highest BCUT2D eigenvalue weighted by atomic mass is 16.5. The van der Waals surface area contributed by atoms with E-state index in [-0.39, 0.29) is 5.56 Å². The number of methoxy groups -OCH3 is 1. The van der Waals surface area contributed by atoms with Crippen molar-refractivity contribution in [1.29, 1.82) is 0 Å². The number of aliphatic imine (C=N–C) groups is 1. The molecule has 5 heteroatoms. The second-order valence-electron chi connectivity index (χ2n) is 6.61. The van der Waals surface area contributed by atoms with Crippen molar-refractivity contribution in [3.8, 4) is 11.4 Å². The van der Waals surface area contributed by atoms with Gasteiger partial charge < -0.3 is 4.74 Å². The Morgan fingerprint density at radius 3 is 2.14 bits per heavy atom. The maximum absolute atomic E-state index is 13.3. The minimum absolute atomic E-state index is 0.134. The van der Waals surface area contributed by atoms with Crippen LogP contribution in [0.25, 0.3) is 5.69 Å². The van der Waals surface area contributed by atoms with Crippen molar-refractivity contribution in [3.05, 3.63) is 112 Å². The Hall–Kier alpha value is -3.86. The molecule has 4 aromatic rings. The molecule has 1 aromatic heterocycles. The van der Waals surface area contributed by atoms with E-state index in [1.54, 1.807) is 11.8 Å². The van der Waals surface area contributed by atoms with Gasteiger partial charge in [0.05, 0.1) is 29.8 Å². The third kappa shape index (κ3) is 3.75. The average Bonchev–Trinajstić information content (AvgIpc) is 3.07. The first kappa shape index (κ1) is 18.5. The fraction of sp³-hybridized carbons (Fsp3) is 0.0833. The zero-order valence-corrected chi connectivity index (χ0v) is 16.3. The van der Waals surface area contributed by atoms with Gasteiger partial charge in [-0.3, -0.25) is 9.89 Å². The predicted octanol–water partition coefficient (Wildman–Crippen LogP) is 4.65. The van der Waals surface area contributed by atoms with Crippen LogP contribution < -0.4 is 10.3 Å². The average molecular weight is 383 g/mol. The van der Waals surface area contributed by atoms with Gasteiger partial charge in [0.2, 0.25) is 0 Å². The van der Waals surface area contributed by atoms with Crippen LogP contribution in [0.1, 0.15) is 16.8 Å². The van der Waals surface area contributed by atoms with Crippen molar-refractivity contribution in [2.45, 2.75) is 6.92 Å². The van der Waals surface area contributed by atoms with Crippen molar-refractivity contribution < 1.29 is 4.74 Å². The number of hydrogen-bond acceptors (Lipinski definition) is 3. The molecule has 0 aliphatic rings. The van der Waals surface area contributed by atoms with Gasteiger partial charge >= 0.3 is 0 Å². The lowest BCUT2D eigenvalue weighted by Gasteiger charge is -2.06. The van der Waals surface area contributed by atoms with Gasteiger partial charge in [-0.1, -0.05) is 48.5 Å². The van der Waals surface area contributed by atoms with Crippen LogP contribution >= 0.6 is 0 Å². The number of H-pyrrole nitrogens is 1. The lowest BCUT2D eigenvalue weighted by molar-refractivity contribution is 0.415. The van der Waals surface area contributed by atoms with Crippen LogP contribution in [0.3, 0.4) is 0 Å². The van der Waals surface area contributed by atoms with Gasteiger partial charge in [-0.25, -0.2) is 9.67 Å². The highest BCUT2D eigenvalue weighted by Crippen LogP contribution is 2.21. The summed E-state index contributed by atoms with van der Waals surface area (Å²) in [6.07, 6.45) is 0. The van der Waals surface area contributed by atoms with Gasteiger partial charge in [0.15, 0.2) is 0 Å². The summed E-state index contributed by atoms with van der Waals surface area (Å²) in [7, 11) is 1.63. The SMILES string of the molecule is COc1ccc(N=C(c2ccccc2)c2c(C)[nH]n(-c3ccccc3)c2=O)cc1. The molecule has 1 N–H and O–H groups in total. The molecule has 0 saturated heterocycles. The molecule has 0 aliphatic heterocycles. The highest BCUT2D eigenvalue weighted by molar-refractivity contribution is 6.14. The number of rotatable bonds is 5.